The highest BCUT2D eigenvalue weighted by atomic mass is 16.7. The number of carbonyl (C=O) groups excluding carboxylic acids is 4. The Kier molecular flexibility index (Phi) is 18.8. The van der Waals surface area contributed by atoms with Gasteiger partial charge in [0.2, 0.25) is 0 Å². The van der Waals surface area contributed by atoms with Crippen LogP contribution in [0, 0.1) is 11.1 Å². The van der Waals surface area contributed by atoms with Gasteiger partial charge in [-0.25, -0.2) is 19.1 Å². The lowest BCUT2D eigenvalue weighted by molar-refractivity contribution is -0.465. The molecule has 1 aliphatic rings. The minimum absolute atomic E-state index is 0.243. The van der Waals surface area contributed by atoms with E-state index in [4.69, 9.17) is 14.3 Å². The maximum absolute atomic E-state index is 12.0. The van der Waals surface area contributed by atoms with Gasteiger partial charge in [-0.1, -0.05) is 60.7 Å². The van der Waals surface area contributed by atoms with Crippen molar-refractivity contribution >= 4 is 30.6 Å². The second kappa shape index (κ2) is 22.1. The van der Waals surface area contributed by atoms with Gasteiger partial charge in [0, 0.05) is 30.8 Å². The van der Waals surface area contributed by atoms with E-state index in [1.807, 2.05) is 60.7 Å². The van der Waals surface area contributed by atoms with E-state index in [-0.39, 0.29) is 13.2 Å². The van der Waals surface area contributed by atoms with Gasteiger partial charge in [0.15, 0.2) is 12.6 Å². The highest BCUT2D eigenvalue weighted by Crippen LogP contribution is 2.25. The molecule has 1 saturated heterocycles. The van der Waals surface area contributed by atoms with Crippen LogP contribution in [0.25, 0.3) is 0 Å². The fraction of sp³-hybridized carbons (Fsp3) is 0.406. The summed E-state index contributed by atoms with van der Waals surface area (Å²) in [4.78, 5) is 50.9. The molecule has 240 valence electrons. The predicted octanol–water partition coefficient (Wildman–Crippen LogP) is 3.61. The van der Waals surface area contributed by atoms with Crippen molar-refractivity contribution in [3.05, 3.63) is 89.1 Å². The Morgan fingerprint density at radius 3 is 1.70 bits per heavy atom. The van der Waals surface area contributed by atoms with Gasteiger partial charge in [0.1, 0.15) is 12.6 Å². The van der Waals surface area contributed by atoms with Crippen LogP contribution in [0.2, 0.25) is 0 Å². The molecule has 2 aromatic carbocycles. The Balaban J connectivity index is 0.000000370. The summed E-state index contributed by atoms with van der Waals surface area (Å²) in [5.41, 5.74) is 2.03. The molecule has 2 aromatic rings. The van der Waals surface area contributed by atoms with Gasteiger partial charge in [0.25, 0.3) is 0 Å². The van der Waals surface area contributed by atoms with Crippen molar-refractivity contribution in [3.63, 3.8) is 0 Å². The molecule has 1 aliphatic heterocycles. The Bertz CT molecular complexity index is 1140. The third kappa shape index (κ3) is 15.6. The standard InChI is InChI=1S/C16H21NO5.C8H9NO.C8H12O4/c1-3-20-15(18)13-11-17(10-12-8-6-5-7-9-12)22-14(13)16(19)21-4-2;1-9(10)7-8-5-3-2-4-6-8;1-3-11-7(9)5-6-8(10)12-4-2/h5-9,13-14H,3-4,10-11H2,1-2H3;2-6H,1,7H2;5-6H,3-4H2,1-2H3/b;;6-5-/t13-,14+;;/m1../s1. The smallest absolute Gasteiger partial charge is 0.338 e. The molecule has 0 unspecified atom stereocenters. The van der Waals surface area contributed by atoms with Crippen molar-refractivity contribution in [1.82, 2.24) is 5.06 Å². The summed E-state index contributed by atoms with van der Waals surface area (Å²) in [6.45, 7) is 12.3. The molecule has 0 saturated carbocycles. The average molecular weight is 615 g/mol. The second-order valence-corrected chi connectivity index (χ2v) is 8.91. The van der Waals surface area contributed by atoms with Crippen molar-refractivity contribution in [2.24, 2.45) is 5.92 Å². The maximum atomic E-state index is 12.0. The number of benzene rings is 2. The third-order valence-electron chi connectivity index (χ3n) is 5.47. The van der Waals surface area contributed by atoms with Crippen molar-refractivity contribution in [2.75, 3.05) is 33.0 Å². The molecular formula is C32H42N2O10. The average Bonchev–Trinajstić information content (AvgIpc) is 3.42. The molecule has 3 rings (SSSR count). The molecule has 12 nitrogen and oxygen atoms in total. The van der Waals surface area contributed by atoms with Crippen molar-refractivity contribution in [3.8, 4) is 0 Å². The van der Waals surface area contributed by atoms with Gasteiger partial charge in [-0.05, 0) is 33.3 Å². The van der Waals surface area contributed by atoms with Crippen LogP contribution in [-0.4, -0.2) is 79.5 Å². The molecular weight excluding hydrogens is 572 g/mol. The van der Waals surface area contributed by atoms with E-state index in [1.54, 1.807) is 32.8 Å². The quantitative estimate of drug-likeness (QED) is 0.0658. The van der Waals surface area contributed by atoms with Gasteiger partial charge < -0.3 is 24.2 Å². The lowest BCUT2D eigenvalue weighted by Gasteiger charge is -2.15. The van der Waals surface area contributed by atoms with E-state index >= 15 is 0 Å². The molecule has 44 heavy (non-hydrogen) atoms. The zero-order valence-corrected chi connectivity index (χ0v) is 25.7. The molecule has 0 aromatic heterocycles. The van der Waals surface area contributed by atoms with E-state index < -0.39 is 35.9 Å². The molecule has 0 bridgehead atoms. The number of carbonyl (C=O) groups is 4. The summed E-state index contributed by atoms with van der Waals surface area (Å²) in [7, 11) is 0. The normalized spacial score (nSPS) is 15.5. The summed E-state index contributed by atoms with van der Waals surface area (Å²) in [5, 5.41) is 12.0. The van der Waals surface area contributed by atoms with Crippen LogP contribution in [-0.2, 0) is 56.1 Å². The molecule has 12 heteroatoms. The Labute approximate surface area is 258 Å². The predicted molar refractivity (Wildman–Crippen MR) is 162 cm³/mol. The van der Waals surface area contributed by atoms with Crippen LogP contribution >= 0.6 is 0 Å². The Hall–Kier alpha value is -4.55. The first-order valence-corrected chi connectivity index (χ1v) is 14.2. The van der Waals surface area contributed by atoms with Gasteiger partial charge in [0.05, 0.1) is 26.4 Å². The van der Waals surface area contributed by atoms with E-state index in [2.05, 4.69) is 16.2 Å². The lowest BCUT2D eigenvalue weighted by atomic mass is 10.0. The summed E-state index contributed by atoms with van der Waals surface area (Å²) in [5.74, 6) is -2.70. The topological polar surface area (TPSA) is 144 Å². The summed E-state index contributed by atoms with van der Waals surface area (Å²) in [6.07, 6.45) is 1.14. The first kappa shape index (κ1) is 37.5. The fourth-order valence-electron chi connectivity index (χ4n) is 3.66. The number of rotatable bonds is 12. The van der Waals surface area contributed by atoms with Gasteiger partial charge in [-0.15, -0.1) is 0 Å². The number of hydrogen-bond donors (Lipinski definition) is 0. The third-order valence-corrected chi connectivity index (χ3v) is 5.47. The Morgan fingerprint density at radius 1 is 0.795 bits per heavy atom. The van der Waals surface area contributed by atoms with E-state index in [1.165, 1.54) is 0 Å². The summed E-state index contributed by atoms with van der Waals surface area (Å²) in [6, 6.07) is 19.2. The van der Waals surface area contributed by atoms with Crippen molar-refractivity contribution in [1.29, 1.82) is 0 Å². The largest absolute Gasteiger partial charge is 0.624 e. The van der Waals surface area contributed by atoms with Crippen LogP contribution in [0.3, 0.4) is 0 Å². The first-order chi connectivity index (χ1) is 21.1. The molecule has 0 aliphatic carbocycles. The first-order valence-electron chi connectivity index (χ1n) is 14.2. The molecule has 1 heterocycles. The molecule has 2 atom stereocenters. The zero-order valence-electron chi connectivity index (χ0n) is 25.7. The monoisotopic (exact) mass is 614 g/mol. The van der Waals surface area contributed by atoms with Gasteiger partial charge >= 0.3 is 23.9 Å². The molecule has 0 radical (unpaired) electrons. The maximum Gasteiger partial charge on any atom is 0.338 e. The van der Waals surface area contributed by atoms with Crippen molar-refractivity contribution in [2.45, 2.75) is 46.9 Å². The highest BCUT2D eigenvalue weighted by molar-refractivity contribution is 5.91. The fourth-order valence-corrected chi connectivity index (χ4v) is 3.66. The minimum atomic E-state index is -0.942. The van der Waals surface area contributed by atoms with Gasteiger partial charge in [-0.2, -0.15) is 5.06 Å². The number of nitrogens with zero attached hydrogens (tertiary/aromatic N) is 2. The number of hydrogen-bond acceptors (Lipinski definition) is 11. The molecule has 0 amide bonds. The summed E-state index contributed by atoms with van der Waals surface area (Å²) >= 11 is 0. The molecule has 1 fully saturated rings. The van der Waals surface area contributed by atoms with E-state index in [0.717, 1.165) is 23.3 Å². The Morgan fingerprint density at radius 2 is 1.25 bits per heavy atom. The lowest BCUT2D eigenvalue weighted by Crippen LogP contribution is -2.35. The minimum Gasteiger partial charge on any atom is -0.624 e. The SMILES string of the molecule is C=[N+]([O-])Cc1ccccc1.CCOC(=O)/C=C\C(=O)OCC.CCOC(=O)[C@H]1ON(Cc2ccccc2)C[C@H]1C(=O)OCC. The number of hydroxylamine groups is 3. The van der Waals surface area contributed by atoms with Crippen LogP contribution in [0.1, 0.15) is 38.8 Å². The summed E-state index contributed by atoms with van der Waals surface area (Å²) < 4.78 is 19.7. The zero-order chi connectivity index (χ0) is 32.7. The van der Waals surface area contributed by atoms with Crippen LogP contribution in [0.4, 0.5) is 0 Å². The van der Waals surface area contributed by atoms with E-state index in [9.17, 15) is 24.4 Å². The molecule has 0 spiro atoms. The molecule has 0 N–H and O–H groups in total. The van der Waals surface area contributed by atoms with Crippen molar-refractivity contribution < 1.29 is 47.7 Å². The number of ether oxygens (including phenoxy) is 4. The number of esters is 4. The highest BCUT2D eigenvalue weighted by Gasteiger charge is 2.45. The second-order valence-electron chi connectivity index (χ2n) is 8.91. The van der Waals surface area contributed by atoms with E-state index in [0.29, 0.717) is 37.6 Å². The van der Waals surface area contributed by atoms with Crippen LogP contribution < -0.4 is 0 Å². The van der Waals surface area contributed by atoms with Crippen LogP contribution in [0.15, 0.2) is 72.8 Å². The van der Waals surface area contributed by atoms with Gasteiger partial charge in [-0.3, -0.25) is 9.63 Å². The van der Waals surface area contributed by atoms with Crippen LogP contribution in [0.5, 0.6) is 0 Å².